The van der Waals surface area contributed by atoms with Gasteiger partial charge in [0.1, 0.15) is 5.82 Å². The van der Waals surface area contributed by atoms with Gasteiger partial charge in [-0.15, -0.1) is 0 Å². The number of para-hydroxylation sites is 1. The number of amides is 1. The Hall–Kier alpha value is -3.62. The van der Waals surface area contributed by atoms with E-state index in [4.69, 9.17) is 5.73 Å². The number of carbonyl (C=O) groups excluding carboxylic acids is 1. The topological polar surface area (TPSA) is 119 Å². The van der Waals surface area contributed by atoms with Crippen molar-refractivity contribution in [2.45, 2.75) is 53.0 Å². The molecule has 1 amide bonds. The molecule has 0 aliphatic heterocycles. The van der Waals surface area contributed by atoms with Crippen LogP contribution in [0.15, 0.2) is 52.3 Å². The maximum Gasteiger partial charge on any atom is 0.330 e. The molecule has 0 bridgehead atoms. The van der Waals surface area contributed by atoms with E-state index in [0.717, 1.165) is 18.5 Å². The molecule has 2 heterocycles. The molecular formula is C24H32N6O3. The van der Waals surface area contributed by atoms with Gasteiger partial charge >= 0.3 is 5.69 Å². The fourth-order valence-electron chi connectivity index (χ4n) is 3.57. The quantitative estimate of drug-likeness (QED) is 0.490. The molecule has 0 saturated carbocycles. The number of nitrogens with one attached hydrogen (secondary N) is 1. The number of H-pyrrole nitrogens is 1. The zero-order chi connectivity index (χ0) is 24.0. The number of benzene rings is 1. The van der Waals surface area contributed by atoms with Crippen molar-refractivity contribution in [3.8, 4) is 5.69 Å². The fraction of sp³-hybridized carbons (Fsp3) is 0.417. The van der Waals surface area contributed by atoms with E-state index in [1.165, 1.54) is 9.47 Å². The Labute approximate surface area is 192 Å². The van der Waals surface area contributed by atoms with E-state index < -0.39 is 11.2 Å². The molecule has 2 aromatic heterocycles. The van der Waals surface area contributed by atoms with Crippen LogP contribution in [-0.2, 0) is 17.8 Å². The zero-order valence-electron chi connectivity index (χ0n) is 19.5. The summed E-state index contributed by atoms with van der Waals surface area (Å²) in [6, 6.07) is 9.60. The highest BCUT2D eigenvalue weighted by molar-refractivity contribution is 5.96. The van der Waals surface area contributed by atoms with Crippen molar-refractivity contribution in [2.24, 2.45) is 5.92 Å². The van der Waals surface area contributed by atoms with E-state index in [1.807, 2.05) is 51.1 Å². The summed E-state index contributed by atoms with van der Waals surface area (Å²) in [6.45, 7) is 6.79. The minimum absolute atomic E-state index is 0.0225. The summed E-state index contributed by atoms with van der Waals surface area (Å²) in [6.07, 6.45) is 5.76. The van der Waals surface area contributed by atoms with Gasteiger partial charge in [-0.05, 0) is 36.5 Å². The Morgan fingerprint density at radius 2 is 1.94 bits per heavy atom. The third-order valence-electron chi connectivity index (χ3n) is 5.46. The van der Waals surface area contributed by atoms with Gasteiger partial charge in [-0.25, -0.2) is 9.48 Å². The highest BCUT2D eigenvalue weighted by Gasteiger charge is 2.25. The number of nitrogen functional groups attached to an aromatic ring is 1. The van der Waals surface area contributed by atoms with Crippen LogP contribution in [0.2, 0.25) is 0 Å². The lowest BCUT2D eigenvalue weighted by molar-refractivity contribution is -0.118. The van der Waals surface area contributed by atoms with E-state index in [-0.39, 0.29) is 23.8 Å². The summed E-state index contributed by atoms with van der Waals surface area (Å²) in [5, 5.41) is 4.35. The smallest absolute Gasteiger partial charge is 0.330 e. The van der Waals surface area contributed by atoms with Gasteiger partial charge in [0, 0.05) is 19.3 Å². The Balaban J connectivity index is 1.93. The molecular weight excluding hydrogens is 420 g/mol. The number of nitrogens with zero attached hydrogens (tertiary/aromatic N) is 4. The predicted molar refractivity (Wildman–Crippen MR) is 130 cm³/mol. The second-order valence-corrected chi connectivity index (χ2v) is 8.53. The predicted octanol–water partition coefficient (Wildman–Crippen LogP) is 2.73. The third-order valence-corrected chi connectivity index (χ3v) is 5.46. The largest absolute Gasteiger partial charge is 0.383 e. The summed E-state index contributed by atoms with van der Waals surface area (Å²) >= 11 is 0. The van der Waals surface area contributed by atoms with Crippen LogP contribution < -0.4 is 21.9 Å². The van der Waals surface area contributed by atoms with Crippen LogP contribution in [0.25, 0.3) is 5.69 Å². The van der Waals surface area contributed by atoms with E-state index in [9.17, 15) is 14.4 Å². The lowest BCUT2D eigenvalue weighted by atomic mass is 10.1. The van der Waals surface area contributed by atoms with Crippen molar-refractivity contribution < 1.29 is 4.79 Å². The van der Waals surface area contributed by atoms with E-state index in [1.54, 1.807) is 17.1 Å². The first kappa shape index (κ1) is 24.0. The number of hydrogen-bond donors (Lipinski definition) is 2. The summed E-state index contributed by atoms with van der Waals surface area (Å²) in [5.41, 5.74) is 6.70. The van der Waals surface area contributed by atoms with Crippen LogP contribution in [0, 0.1) is 5.92 Å². The number of aromatic amines is 1. The van der Waals surface area contributed by atoms with Crippen LogP contribution in [0.4, 0.5) is 11.5 Å². The van der Waals surface area contributed by atoms with Crippen LogP contribution in [0.3, 0.4) is 0 Å². The highest BCUT2D eigenvalue weighted by Crippen LogP contribution is 2.20. The first-order valence-electron chi connectivity index (χ1n) is 11.3. The molecule has 1 aromatic carbocycles. The van der Waals surface area contributed by atoms with Gasteiger partial charge in [0.2, 0.25) is 5.91 Å². The number of aromatic nitrogens is 4. The maximum absolute atomic E-state index is 13.4. The van der Waals surface area contributed by atoms with Crippen molar-refractivity contribution in [1.82, 2.24) is 19.3 Å². The number of carbonyl (C=O) groups is 1. The highest BCUT2D eigenvalue weighted by atomic mass is 16.2. The summed E-state index contributed by atoms with van der Waals surface area (Å²) in [5.74, 6) is 0.0582. The van der Waals surface area contributed by atoms with Crippen molar-refractivity contribution in [1.29, 1.82) is 0 Å². The summed E-state index contributed by atoms with van der Waals surface area (Å²) in [4.78, 5) is 42.2. The van der Waals surface area contributed by atoms with Gasteiger partial charge in [0.05, 0.1) is 18.3 Å². The Morgan fingerprint density at radius 1 is 1.21 bits per heavy atom. The first-order chi connectivity index (χ1) is 15.8. The molecule has 176 valence electrons. The molecule has 0 aliphatic carbocycles. The molecule has 0 atom stereocenters. The molecule has 0 fully saturated rings. The average Bonchev–Trinajstić information content (AvgIpc) is 3.24. The molecule has 0 spiro atoms. The normalized spacial score (nSPS) is 11.2. The van der Waals surface area contributed by atoms with Crippen molar-refractivity contribution >= 4 is 17.4 Å². The first-order valence-corrected chi connectivity index (χ1v) is 11.3. The van der Waals surface area contributed by atoms with Gasteiger partial charge in [0.15, 0.2) is 5.69 Å². The Kier molecular flexibility index (Phi) is 7.87. The van der Waals surface area contributed by atoms with E-state index >= 15 is 0 Å². The van der Waals surface area contributed by atoms with Gasteiger partial charge < -0.3 is 10.6 Å². The molecule has 9 heteroatoms. The number of unbranched alkanes of at least 4 members (excludes halogenated alkanes) is 1. The number of nitrogens with two attached hydrogens (primary N) is 1. The second kappa shape index (κ2) is 10.8. The summed E-state index contributed by atoms with van der Waals surface area (Å²) in [7, 11) is 0. The van der Waals surface area contributed by atoms with Gasteiger partial charge in [-0.2, -0.15) is 5.10 Å². The SMILES string of the molecule is CCCCn1c(N)c(N(CCC(C)C)C(=O)Cc2cnn(-c3ccccc3)c2)c(=O)[nH]c1=O. The fourth-order valence-corrected chi connectivity index (χ4v) is 3.57. The molecule has 0 unspecified atom stereocenters. The second-order valence-electron chi connectivity index (χ2n) is 8.53. The zero-order valence-corrected chi connectivity index (χ0v) is 19.5. The number of hydrogen-bond acceptors (Lipinski definition) is 5. The lowest BCUT2D eigenvalue weighted by Crippen LogP contribution is -2.42. The van der Waals surface area contributed by atoms with Gasteiger partial charge in [-0.1, -0.05) is 45.4 Å². The number of anilines is 2. The minimum Gasteiger partial charge on any atom is -0.383 e. The molecule has 0 saturated heterocycles. The Bertz CT molecular complexity index is 1190. The van der Waals surface area contributed by atoms with Crippen LogP contribution in [0.5, 0.6) is 0 Å². The van der Waals surface area contributed by atoms with Gasteiger partial charge in [0.25, 0.3) is 5.56 Å². The standard InChI is InChI=1S/C24H32N6O3/c1-4-5-12-29-22(25)21(23(32)27-24(29)33)28(13-11-17(2)3)20(31)14-18-15-26-30(16-18)19-9-7-6-8-10-19/h6-10,15-17H,4-5,11-14,25H2,1-3H3,(H,27,32,33). The van der Waals surface area contributed by atoms with Crippen LogP contribution in [-0.4, -0.2) is 31.8 Å². The molecule has 33 heavy (non-hydrogen) atoms. The third kappa shape index (κ3) is 5.79. The summed E-state index contributed by atoms with van der Waals surface area (Å²) < 4.78 is 3.04. The average molecular weight is 453 g/mol. The van der Waals surface area contributed by atoms with E-state index in [2.05, 4.69) is 10.1 Å². The van der Waals surface area contributed by atoms with Crippen molar-refractivity contribution in [2.75, 3.05) is 17.2 Å². The minimum atomic E-state index is -0.651. The maximum atomic E-state index is 13.4. The van der Waals surface area contributed by atoms with Gasteiger partial charge in [-0.3, -0.25) is 19.1 Å². The van der Waals surface area contributed by atoms with Crippen molar-refractivity contribution in [3.05, 3.63) is 69.1 Å². The Morgan fingerprint density at radius 3 is 2.61 bits per heavy atom. The number of rotatable bonds is 10. The molecule has 0 radical (unpaired) electrons. The lowest BCUT2D eigenvalue weighted by Gasteiger charge is -2.25. The molecule has 9 nitrogen and oxygen atoms in total. The monoisotopic (exact) mass is 452 g/mol. The van der Waals surface area contributed by atoms with Crippen molar-refractivity contribution in [3.63, 3.8) is 0 Å². The molecule has 3 N–H and O–H groups in total. The van der Waals surface area contributed by atoms with Crippen LogP contribution >= 0.6 is 0 Å². The molecule has 3 rings (SSSR count). The van der Waals surface area contributed by atoms with Crippen LogP contribution in [0.1, 0.15) is 45.6 Å². The molecule has 3 aromatic rings. The van der Waals surface area contributed by atoms with E-state index in [0.29, 0.717) is 31.0 Å². The molecule has 0 aliphatic rings.